The molecular weight excluding hydrogens is 246 g/mol. The van der Waals surface area contributed by atoms with Crippen molar-refractivity contribution in [2.24, 2.45) is 0 Å². The molecule has 6 heteroatoms. The van der Waals surface area contributed by atoms with Gasteiger partial charge in [0.05, 0.1) is 12.5 Å². The van der Waals surface area contributed by atoms with Crippen LogP contribution in [0.3, 0.4) is 0 Å². The molecule has 0 amide bonds. The smallest absolute Gasteiger partial charge is 0.238 e. The van der Waals surface area contributed by atoms with E-state index in [4.69, 9.17) is 13.4 Å². The zero-order chi connectivity index (χ0) is 13.1. The minimum atomic E-state index is 0.479. The summed E-state index contributed by atoms with van der Waals surface area (Å²) in [6, 6.07) is 3.58. The van der Waals surface area contributed by atoms with E-state index in [0.29, 0.717) is 23.9 Å². The Labute approximate surface area is 109 Å². The van der Waals surface area contributed by atoms with E-state index in [1.807, 2.05) is 6.92 Å². The summed E-state index contributed by atoms with van der Waals surface area (Å²) in [5, 5.41) is 3.87. The van der Waals surface area contributed by atoms with Crippen molar-refractivity contribution in [1.29, 1.82) is 0 Å². The quantitative estimate of drug-likeness (QED) is 0.701. The average molecular weight is 259 g/mol. The second-order valence-electron chi connectivity index (χ2n) is 4.21. The zero-order valence-corrected chi connectivity index (χ0v) is 10.5. The van der Waals surface area contributed by atoms with Crippen molar-refractivity contribution in [2.75, 3.05) is 0 Å². The predicted octanol–water partition coefficient (Wildman–Crippen LogP) is 2.80. The summed E-state index contributed by atoms with van der Waals surface area (Å²) >= 11 is 0. The highest BCUT2D eigenvalue weighted by molar-refractivity contribution is 5.44. The highest BCUT2D eigenvalue weighted by atomic mass is 16.5. The molecule has 0 spiro atoms. The Morgan fingerprint density at radius 2 is 2.11 bits per heavy atom. The molecule has 0 saturated heterocycles. The van der Waals surface area contributed by atoms with Crippen LogP contribution in [0.2, 0.25) is 0 Å². The fourth-order valence-electron chi connectivity index (χ4n) is 1.77. The van der Waals surface area contributed by atoms with Gasteiger partial charge in [0.1, 0.15) is 5.76 Å². The summed E-state index contributed by atoms with van der Waals surface area (Å²) in [5.74, 6) is 3.25. The van der Waals surface area contributed by atoms with E-state index < -0.39 is 0 Å². The third-order valence-electron chi connectivity index (χ3n) is 2.66. The first-order valence-corrected chi connectivity index (χ1v) is 6.09. The molecule has 0 N–H and O–H groups in total. The Morgan fingerprint density at radius 3 is 2.84 bits per heavy atom. The first-order valence-electron chi connectivity index (χ1n) is 6.09. The third-order valence-corrected chi connectivity index (χ3v) is 2.66. The van der Waals surface area contributed by atoms with Crippen molar-refractivity contribution in [2.45, 2.75) is 26.2 Å². The molecule has 3 rings (SSSR count). The van der Waals surface area contributed by atoms with Crippen molar-refractivity contribution in [3.8, 4) is 11.6 Å². The number of hydrogen-bond donors (Lipinski definition) is 0. The Kier molecular flexibility index (Phi) is 3.14. The van der Waals surface area contributed by atoms with E-state index in [2.05, 4.69) is 15.1 Å². The minimum absolute atomic E-state index is 0.479. The van der Waals surface area contributed by atoms with Crippen molar-refractivity contribution in [3.05, 3.63) is 42.1 Å². The van der Waals surface area contributed by atoms with Crippen LogP contribution in [0.15, 0.2) is 38.0 Å². The topological polar surface area (TPSA) is 78.1 Å². The first kappa shape index (κ1) is 11.7. The molecule has 0 aliphatic heterocycles. The number of furan rings is 1. The van der Waals surface area contributed by atoms with Gasteiger partial charge < -0.3 is 13.4 Å². The largest absolute Gasteiger partial charge is 0.461 e. The highest BCUT2D eigenvalue weighted by Crippen LogP contribution is 2.16. The number of nitrogens with zero attached hydrogens (tertiary/aromatic N) is 3. The van der Waals surface area contributed by atoms with Crippen LogP contribution in [0.4, 0.5) is 0 Å². The van der Waals surface area contributed by atoms with Gasteiger partial charge in [0.25, 0.3) is 0 Å². The van der Waals surface area contributed by atoms with Gasteiger partial charge in [0.2, 0.25) is 11.7 Å². The maximum absolute atomic E-state index is 5.39. The van der Waals surface area contributed by atoms with Gasteiger partial charge in [-0.05, 0) is 25.5 Å². The van der Waals surface area contributed by atoms with Crippen LogP contribution in [-0.4, -0.2) is 15.1 Å². The molecule has 19 heavy (non-hydrogen) atoms. The average Bonchev–Trinajstić information content (AvgIpc) is 3.09. The maximum Gasteiger partial charge on any atom is 0.238 e. The van der Waals surface area contributed by atoms with E-state index in [1.54, 1.807) is 24.6 Å². The van der Waals surface area contributed by atoms with Crippen LogP contribution in [0.25, 0.3) is 11.6 Å². The van der Waals surface area contributed by atoms with Crippen molar-refractivity contribution in [1.82, 2.24) is 15.1 Å². The molecule has 3 aromatic heterocycles. The van der Waals surface area contributed by atoms with Crippen LogP contribution in [0, 0.1) is 6.92 Å². The van der Waals surface area contributed by atoms with Crippen molar-refractivity contribution in [3.63, 3.8) is 0 Å². The lowest BCUT2D eigenvalue weighted by atomic mass is 10.2. The molecule has 98 valence electrons. The predicted molar refractivity (Wildman–Crippen MR) is 65.3 cm³/mol. The van der Waals surface area contributed by atoms with Crippen molar-refractivity contribution >= 4 is 0 Å². The summed E-state index contributed by atoms with van der Waals surface area (Å²) in [5.41, 5.74) is 0. The number of rotatable bonds is 5. The van der Waals surface area contributed by atoms with Gasteiger partial charge in [-0.25, -0.2) is 4.98 Å². The van der Waals surface area contributed by atoms with Gasteiger partial charge in [-0.1, -0.05) is 5.16 Å². The maximum atomic E-state index is 5.39. The summed E-state index contributed by atoms with van der Waals surface area (Å²) in [7, 11) is 0. The molecule has 6 nitrogen and oxygen atoms in total. The van der Waals surface area contributed by atoms with Gasteiger partial charge in [0, 0.05) is 12.8 Å². The van der Waals surface area contributed by atoms with Crippen LogP contribution < -0.4 is 0 Å². The molecule has 0 bridgehead atoms. The Morgan fingerprint density at radius 1 is 1.21 bits per heavy atom. The minimum Gasteiger partial charge on any atom is -0.461 e. The molecule has 0 aromatic carbocycles. The summed E-state index contributed by atoms with van der Waals surface area (Å²) in [6.45, 7) is 1.88. The fraction of sp³-hybridized carbons (Fsp3) is 0.308. The molecule has 0 radical (unpaired) electrons. The highest BCUT2D eigenvalue weighted by Gasteiger charge is 2.11. The van der Waals surface area contributed by atoms with E-state index in [1.165, 1.54) is 0 Å². The Balaban J connectivity index is 1.56. The first-order chi connectivity index (χ1) is 9.31. The lowest BCUT2D eigenvalue weighted by Crippen LogP contribution is -1.90. The number of hydrogen-bond acceptors (Lipinski definition) is 6. The van der Waals surface area contributed by atoms with E-state index in [9.17, 15) is 0 Å². The lowest BCUT2D eigenvalue weighted by Gasteiger charge is -1.92. The van der Waals surface area contributed by atoms with Gasteiger partial charge in [0.15, 0.2) is 11.7 Å². The zero-order valence-electron chi connectivity index (χ0n) is 10.5. The third kappa shape index (κ3) is 2.73. The summed E-state index contributed by atoms with van der Waals surface area (Å²) in [4.78, 5) is 8.41. The Hall–Kier alpha value is -2.37. The normalized spacial score (nSPS) is 11.0. The van der Waals surface area contributed by atoms with E-state index in [0.717, 1.165) is 24.5 Å². The summed E-state index contributed by atoms with van der Waals surface area (Å²) in [6.07, 6.45) is 5.59. The lowest BCUT2D eigenvalue weighted by molar-refractivity contribution is 0.371. The van der Waals surface area contributed by atoms with Gasteiger partial charge in [-0.3, -0.25) is 0 Å². The van der Waals surface area contributed by atoms with Crippen LogP contribution in [0.5, 0.6) is 0 Å². The fourth-order valence-corrected chi connectivity index (χ4v) is 1.77. The van der Waals surface area contributed by atoms with Crippen LogP contribution in [-0.2, 0) is 12.8 Å². The standard InChI is InChI=1S/C13H13N3O3/c1-9-8-14-11(18-9)5-2-6-12-15-13(16-19-12)10-4-3-7-17-10/h3-4,7-8H,2,5-6H2,1H3. The van der Waals surface area contributed by atoms with Crippen LogP contribution >= 0.6 is 0 Å². The molecular formula is C13H13N3O3. The molecule has 3 heterocycles. The van der Waals surface area contributed by atoms with E-state index >= 15 is 0 Å². The second kappa shape index (κ2) is 5.09. The molecule has 0 saturated carbocycles. The Bertz CT molecular complexity index is 640. The monoisotopic (exact) mass is 259 g/mol. The molecule has 0 aliphatic carbocycles. The van der Waals surface area contributed by atoms with Crippen molar-refractivity contribution < 1.29 is 13.4 Å². The summed E-state index contributed by atoms with van der Waals surface area (Å²) < 4.78 is 15.8. The second-order valence-corrected chi connectivity index (χ2v) is 4.21. The molecule has 3 aromatic rings. The number of oxazole rings is 1. The molecule has 0 atom stereocenters. The van der Waals surface area contributed by atoms with Gasteiger partial charge >= 0.3 is 0 Å². The van der Waals surface area contributed by atoms with E-state index in [-0.39, 0.29) is 0 Å². The van der Waals surface area contributed by atoms with Gasteiger partial charge in [-0.2, -0.15) is 4.98 Å². The number of aryl methyl sites for hydroxylation is 3. The van der Waals surface area contributed by atoms with Gasteiger partial charge in [-0.15, -0.1) is 0 Å². The molecule has 0 unspecified atom stereocenters. The number of aromatic nitrogens is 3. The molecule has 0 fully saturated rings. The van der Waals surface area contributed by atoms with Crippen LogP contribution in [0.1, 0.15) is 24.0 Å². The molecule has 0 aliphatic rings. The SMILES string of the molecule is Cc1cnc(CCCc2nc(-c3ccco3)no2)o1.